The molecule has 88 valence electrons. The molecule has 0 atom stereocenters. The van der Waals surface area contributed by atoms with Crippen LogP contribution < -0.4 is 4.72 Å². The van der Waals surface area contributed by atoms with Crippen molar-refractivity contribution in [2.45, 2.75) is 38.1 Å². The molecule has 0 spiro atoms. The van der Waals surface area contributed by atoms with Gasteiger partial charge in [-0.05, 0) is 51.8 Å². The van der Waals surface area contributed by atoms with Crippen molar-refractivity contribution in [2.24, 2.45) is 0 Å². The van der Waals surface area contributed by atoms with Gasteiger partial charge < -0.3 is 0 Å². The summed E-state index contributed by atoms with van der Waals surface area (Å²) in [5.41, 5.74) is 0.867. The van der Waals surface area contributed by atoms with Gasteiger partial charge in [-0.15, -0.1) is 0 Å². The Labute approximate surface area is 99.7 Å². The molecule has 1 aromatic carbocycles. The smallest absolute Gasteiger partial charge is 0.258 e. The van der Waals surface area contributed by atoms with Gasteiger partial charge in [-0.3, -0.25) is 14.8 Å². The summed E-state index contributed by atoms with van der Waals surface area (Å²) in [6.07, 6.45) is 0. The Morgan fingerprint density at radius 2 is 2.00 bits per heavy atom. The van der Waals surface area contributed by atoms with E-state index in [1.165, 1.54) is 11.9 Å². The van der Waals surface area contributed by atoms with E-state index in [1.54, 1.807) is 19.1 Å². The molecule has 0 fully saturated rings. The average Bonchev–Trinajstić information content (AvgIpc) is 2.13. The maximum atomic E-state index is 10.6. The Balaban J connectivity index is 2.78. The van der Waals surface area contributed by atoms with Gasteiger partial charge in [-0.1, -0.05) is 0 Å². The van der Waals surface area contributed by atoms with Crippen LogP contribution in [0.3, 0.4) is 0 Å². The lowest BCUT2D eigenvalue weighted by Crippen LogP contribution is -2.29. The molecule has 0 bridgehead atoms. The van der Waals surface area contributed by atoms with E-state index < -0.39 is 0 Å². The van der Waals surface area contributed by atoms with E-state index >= 15 is 0 Å². The van der Waals surface area contributed by atoms with Gasteiger partial charge in [0.25, 0.3) is 5.69 Å². The van der Waals surface area contributed by atoms with Crippen LogP contribution in [0.1, 0.15) is 26.3 Å². The van der Waals surface area contributed by atoms with Crippen molar-refractivity contribution in [1.82, 2.24) is 4.72 Å². The molecule has 16 heavy (non-hydrogen) atoms. The van der Waals surface area contributed by atoms with E-state index in [1.807, 2.05) is 6.07 Å². The molecule has 0 radical (unpaired) electrons. The minimum Gasteiger partial charge on any atom is -0.258 e. The number of nitrogens with zero attached hydrogens (tertiary/aromatic N) is 1. The maximum Gasteiger partial charge on any atom is 0.272 e. The van der Waals surface area contributed by atoms with E-state index in [4.69, 9.17) is 0 Å². The monoisotopic (exact) mass is 240 g/mol. The molecule has 0 aliphatic heterocycles. The molecule has 1 rings (SSSR count). The highest BCUT2D eigenvalue weighted by Crippen LogP contribution is 2.25. The van der Waals surface area contributed by atoms with Crippen LogP contribution in [0, 0.1) is 17.0 Å². The molecule has 0 saturated heterocycles. The van der Waals surface area contributed by atoms with Crippen molar-refractivity contribution in [3.05, 3.63) is 33.9 Å². The van der Waals surface area contributed by atoms with E-state index in [0.29, 0.717) is 5.56 Å². The van der Waals surface area contributed by atoms with Gasteiger partial charge in [-0.2, -0.15) is 0 Å². The van der Waals surface area contributed by atoms with E-state index in [2.05, 4.69) is 25.5 Å². The molecule has 0 amide bonds. The average molecular weight is 240 g/mol. The molecule has 0 heterocycles. The number of nitro groups is 1. The van der Waals surface area contributed by atoms with Crippen LogP contribution in [0.2, 0.25) is 0 Å². The van der Waals surface area contributed by atoms with Crippen molar-refractivity contribution in [3.8, 4) is 0 Å². The predicted molar refractivity (Wildman–Crippen MR) is 66.6 cm³/mol. The highest BCUT2D eigenvalue weighted by molar-refractivity contribution is 7.97. The molecule has 0 aliphatic carbocycles. The summed E-state index contributed by atoms with van der Waals surface area (Å²) in [7, 11) is 0. The van der Waals surface area contributed by atoms with E-state index in [0.717, 1.165) is 4.90 Å². The van der Waals surface area contributed by atoms with Crippen LogP contribution in [0.25, 0.3) is 0 Å². The zero-order valence-corrected chi connectivity index (χ0v) is 10.7. The predicted octanol–water partition coefficient (Wildman–Crippen LogP) is 3.30. The first-order valence-corrected chi connectivity index (χ1v) is 5.80. The third kappa shape index (κ3) is 3.83. The van der Waals surface area contributed by atoms with Crippen LogP contribution in [-0.4, -0.2) is 10.5 Å². The van der Waals surface area contributed by atoms with Crippen molar-refractivity contribution in [3.63, 3.8) is 0 Å². The summed E-state index contributed by atoms with van der Waals surface area (Å²) >= 11 is 1.49. The normalized spacial score (nSPS) is 11.5. The van der Waals surface area contributed by atoms with Gasteiger partial charge in [-0.25, -0.2) is 0 Å². The number of aryl methyl sites for hydroxylation is 1. The lowest BCUT2D eigenvalue weighted by Gasteiger charge is -2.19. The molecule has 1 aromatic rings. The van der Waals surface area contributed by atoms with Crippen molar-refractivity contribution in [2.75, 3.05) is 0 Å². The topological polar surface area (TPSA) is 55.2 Å². The highest BCUT2D eigenvalue weighted by atomic mass is 32.2. The molecule has 1 N–H and O–H groups in total. The van der Waals surface area contributed by atoms with Crippen molar-refractivity contribution >= 4 is 17.6 Å². The quantitative estimate of drug-likeness (QED) is 0.500. The van der Waals surface area contributed by atoms with Crippen LogP contribution in [0.4, 0.5) is 5.69 Å². The van der Waals surface area contributed by atoms with E-state index in [-0.39, 0.29) is 16.1 Å². The Morgan fingerprint density at radius 1 is 1.38 bits per heavy atom. The summed E-state index contributed by atoms with van der Waals surface area (Å²) in [6, 6.07) is 5.12. The highest BCUT2D eigenvalue weighted by Gasteiger charge is 2.12. The van der Waals surface area contributed by atoms with Crippen LogP contribution in [0.5, 0.6) is 0 Å². The Hall–Kier alpha value is -1.07. The lowest BCUT2D eigenvalue weighted by atomic mass is 10.1. The Morgan fingerprint density at radius 3 is 2.44 bits per heavy atom. The number of nitrogens with one attached hydrogen (secondary N) is 1. The Bertz CT molecular complexity index is 399. The van der Waals surface area contributed by atoms with Gasteiger partial charge in [0.2, 0.25) is 0 Å². The molecule has 0 unspecified atom stereocenters. The van der Waals surface area contributed by atoms with Crippen molar-refractivity contribution in [1.29, 1.82) is 0 Å². The molecule has 0 aromatic heterocycles. The summed E-state index contributed by atoms with van der Waals surface area (Å²) in [5, 5.41) is 10.6. The largest absolute Gasteiger partial charge is 0.272 e. The first-order valence-electron chi connectivity index (χ1n) is 4.99. The SMILES string of the molecule is Cc1cc(SNC(C)(C)C)ccc1[N+](=O)[O-]. The van der Waals surface area contributed by atoms with Gasteiger partial charge in [0.1, 0.15) is 0 Å². The fraction of sp³-hybridized carbons (Fsp3) is 0.455. The molecule has 4 nitrogen and oxygen atoms in total. The first kappa shape index (κ1) is 13.0. The van der Waals surface area contributed by atoms with Gasteiger partial charge in [0, 0.05) is 22.1 Å². The standard InChI is InChI=1S/C11H16N2O2S/c1-8-7-9(16-12-11(2,3)4)5-6-10(8)13(14)15/h5-7,12H,1-4H3. The summed E-state index contributed by atoms with van der Waals surface area (Å²) in [4.78, 5) is 11.3. The second-order valence-electron chi connectivity index (χ2n) is 4.66. The molecule has 5 heteroatoms. The summed E-state index contributed by atoms with van der Waals surface area (Å²) in [5.74, 6) is 0. The second kappa shape index (κ2) is 4.84. The third-order valence-corrected chi connectivity index (χ3v) is 3.04. The summed E-state index contributed by atoms with van der Waals surface area (Å²) in [6.45, 7) is 7.95. The van der Waals surface area contributed by atoms with Crippen LogP contribution in [0.15, 0.2) is 23.1 Å². The Kier molecular flexibility index (Phi) is 3.93. The fourth-order valence-electron chi connectivity index (χ4n) is 1.11. The number of benzene rings is 1. The first-order chi connectivity index (χ1) is 7.29. The second-order valence-corrected chi connectivity index (χ2v) is 5.54. The zero-order chi connectivity index (χ0) is 12.3. The molecular weight excluding hydrogens is 224 g/mol. The zero-order valence-electron chi connectivity index (χ0n) is 9.90. The minimum absolute atomic E-state index is 0.0142. The molecule has 0 saturated carbocycles. The van der Waals surface area contributed by atoms with Crippen LogP contribution >= 0.6 is 11.9 Å². The summed E-state index contributed by atoms with van der Waals surface area (Å²) < 4.78 is 3.26. The third-order valence-electron chi connectivity index (χ3n) is 1.84. The van der Waals surface area contributed by atoms with Crippen LogP contribution in [-0.2, 0) is 0 Å². The molecular formula is C11H16N2O2S. The van der Waals surface area contributed by atoms with Gasteiger partial charge in [0.05, 0.1) is 4.92 Å². The fourth-order valence-corrected chi connectivity index (χ4v) is 1.90. The lowest BCUT2D eigenvalue weighted by molar-refractivity contribution is -0.385. The van der Waals surface area contributed by atoms with E-state index in [9.17, 15) is 10.1 Å². The van der Waals surface area contributed by atoms with Gasteiger partial charge in [0.15, 0.2) is 0 Å². The molecule has 0 aliphatic rings. The number of rotatable bonds is 3. The number of hydrogen-bond acceptors (Lipinski definition) is 4. The van der Waals surface area contributed by atoms with Crippen molar-refractivity contribution < 1.29 is 4.92 Å². The maximum absolute atomic E-state index is 10.6. The van der Waals surface area contributed by atoms with Gasteiger partial charge >= 0.3 is 0 Å². The minimum atomic E-state index is -0.360. The number of hydrogen-bond donors (Lipinski definition) is 1. The number of nitro benzene ring substituents is 1.